The number of furan rings is 2. The first-order chi connectivity index (χ1) is 31.4. The average Bonchev–Trinajstić information content (AvgIpc) is 3.92. The molecule has 0 fully saturated rings. The van der Waals surface area contributed by atoms with Gasteiger partial charge in [0.15, 0.2) is 5.58 Å². The molecule has 0 unspecified atom stereocenters. The van der Waals surface area contributed by atoms with E-state index in [2.05, 4.69) is 230 Å². The average molecular weight is 841 g/mol. The van der Waals surface area contributed by atoms with Crippen LogP contribution in [-0.4, -0.2) is 8.07 Å². The summed E-state index contributed by atoms with van der Waals surface area (Å²) in [6.07, 6.45) is 0. The van der Waals surface area contributed by atoms with E-state index in [1.165, 1.54) is 21.3 Å². The second-order valence-corrected chi connectivity index (χ2v) is 22.8. The molecule has 0 saturated carbocycles. The lowest BCUT2D eigenvalue weighted by molar-refractivity contribution is 0.669. The lowest BCUT2D eigenvalue weighted by Gasteiger charge is -2.26. The maximum atomic E-state index is 6.99. The van der Waals surface area contributed by atoms with Gasteiger partial charge in [0, 0.05) is 61.4 Å². The molecule has 306 valence electrons. The summed E-state index contributed by atoms with van der Waals surface area (Å²) < 4.78 is 13.5. The van der Waals surface area contributed by atoms with Crippen molar-refractivity contribution in [2.75, 3.05) is 9.80 Å². The highest BCUT2D eigenvalue weighted by molar-refractivity contribution is 6.88. The van der Waals surface area contributed by atoms with E-state index in [1.54, 1.807) is 0 Å². The third kappa shape index (κ3) is 6.27. The third-order valence-electron chi connectivity index (χ3n) is 12.8. The van der Waals surface area contributed by atoms with Gasteiger partial charge in [0.25, 0.3) is 0 Å². The number of benzene rings is 10. The molecule has 4 nitrogen and oxygen atoms in total. The quantitative estimate of drug-likeness (QED) is 0.113. The lowest BCUT2D eigenvalue weighted by Crippen LogP contribution is -2.37. The summed E-state index contributed by atoms with van der Waals surface area (Å²) in [6, 6.07) is 76.1. The van der Waals surface area contributed by atoms with Crippen LogP contribution in [0.15, 0.2) is 221 Å². The fourth-order valence-electron chi connectivity index (χ4n) is 9.61. The van der Waals surface area contributed by atoms with Gasteiger partial charge in [-0.1, -0.05) is 146 Å². The van der Waals surface area contributed by atoms with Crippen molar-refractivity contribution in [1.29, 1.82) is 0 Å². The van der Waals surface area contributed by atoms with Crippen molar-refractivity contribution in [3.63, 3.8) is 0 Å². The number of fused-ring (bicyclic) bond motifs is 11. The Hall–Kier alpha value is -7.86. The molecule has 0 saturated heterocycles. The van der Waals surface area contributed by atoms with Gasteiger partial charge in [-0.15, -0.1) is 0 Å². The Morgan fingerprint density at radius 2 is 0.859 bits per heavy atom. The first-order valence-corrected chi connectivity index (χ1v) is 25.5. The Balaban J connectivity index is 0.960. The van der Waals surface area contributed by atoms with E-state index in [0.29, 0.717) is 0 Å². The smallest absolute Gasteiger partial charge is 0.159 e. The van der Waals surface area contributed by atoms with E-state index in [9.17, 15) is 0 Å². The minimum absolute atomic E-state index is 0.866. The van der Waals surface area contributed by atoms with E-state index in [1.807, 2.05) is 12.1 Å². The van der Waals surface area contributed by atoms with Gasteiger partial charge in [0.2, 0.25) is 0 Å². The molecular weight excluding hydrogens is 797 g/mol. The second-order valence-electron chi connectivity index (χ2n) is 17.7. The van der Waals surface area contributed by atoms with Gasteiger partial charge in [0.05, 0.1) is 13.8 Å². The van der Waals surface area contributed by atoms with Gasteiger partial charge >= 0.3 is 0 Å². The Kier molecular flexibility index (Phi) is 8.82. The molecule has 0 N–H and O–H groups in total. The van der Waals surface area contributed by atoms with Gasteiger partial charge in [-0.25, -0.2) is 0 Å². The van der Waals surface area contributed by atoms with Gasteiger partial charge in [0.1, 0.15) is 16.7 Å². The molecule has 0 aliphatic rings. The van der Waals surface area contributed by atoms with Crippen LogP contribution < -0.4 is 15.0 Å². The van der Waals surface area contributed by atoms with Crippen molar-refractivity contribution in [3.05, 3.63) is 212 Å². The Bertz CT molecular complexity index is 3700. The molecule has 5 heteroatoms. The van der Waals surface area contributed by atoms with Gasteiger partial charge in [-0.2, -0.15) is 0 Å². The van der Waals surface area contributed by atoms with Crippen LogP contribution in [0, 0.1) is 0 Å². The minimum Gasteiger partial charge on any atom is -0.455 e. The molecule has 2 heterocycles. The SMILES string of the molecule is C[Si](C)(C)c1ccc(N(c2ccccc2)c2ccc3c(c2)oc2c4ccc(-c5ccc(N(c6ccccc6)c6cccc7c6oc6ccccc67)cc5)cc4c4ccccc4c32)cc1. The molecule has 0 spiro atoms. The highest BCUT2D eigenvalue weighted by Crippen LogP contribution is 2.46. The number of hydrogen-bond donors (Lipinski definition) is 0. The number of nitrogens with zero attached hydrogens (tertiary/aromatic N) is 2. The van der Waals surface area contributed by atoms with E-state index >= 15 is 0 Å². The molecule has 0 aliphatic heterocycles. The van der Waals surface area contributed by atoms with Crippen molar-refractivity contribution in [2.24, 2.45) is 0 Å². The molecule has 12 rings (SSSR count). The lowest BCUT2D eigenvalue weighted by atomic mass is 9.94. The monoisotopic (exact) mass is 840 g/mol. The summed E-state index contributed by atoms with van der Waals surface area (Å²) in [5, 5.41) is 10.6. The molecule has 0 atom stereocenters. The highest BCUT2D eigenvalue weighted by atomic mass is 28.3. The molecule has 10 aromatic carbocycles. The normalized spacial score (nSPS) is 12.0. The van der Waals surface area contributed by atoms with Crippen molar-refractivity contribution < 1.29 is 8.83 Å². The van der Waals surface area contributed by atoms with Crippen molar-refractivity contribution >= 4 is 113 Å². The topological polar surface area (TPSA) is 32.8 Å². The third-order valence-corrected chi connectivity index (χ3v) is 14.9. The zero-order valence-electron chi connectivity index (χ0n) is 35.9. The first kappa shape index (κ1) is 37.9. The predicted octanol–water partition coefficient (Wildman–Crippen LogP) is 16.9. The van der Waals surface area contributed by atoms with Crippen LogP contribution >= 0.6 is 0 Å². The fraction of sp³-hybridized carbons (Fsp3) is 0.0508. The summed E-state index contributed by atoms with van der Waals surface area (Å²) in [4.78, 5) is 4.61. The summed E-state index contributed by atoms with van der Waals surface area (Å²) in [5.74, 6) is 0. The predicted molar refractivity (Wildman–Crippen MR) is 274 cm³/mol. The van der Waals surface area contributed by atoms with Gasteiger partial charge in [-0.3, -0.25) is 0 Å². The van der Waals surface area contributed by atoms with Crippen molar-refractivity contribution in [2.45, 2.75) is 19.6 Å². The summed E-state index contributed by atoms with van der Waals surface area (Å²) >= 11 is 0. The van der Waals surface area contributed by atoms with E-state index in [4.69, 9.17) is 8.83 Å². The summed E-state index contributed by atoms with van der Waals surface area (Å²) in [7, 11) is -1.45. The Labute approximate surface area is 372 Å². The second kappa shape index (κ2) is 14.9. The fourth-order valence-corrected chi connectivity index (χ4v) is 10.8. The highest BCUT2D eigenvalue weighted by Gasteiger charge is 2.22. The van der Waals surface area contributed by atoms with Crippen molar-refractivity contribution in [1.82, 2.24) is 0 Å². The van der Waals surface area contributed by atoms with E-state index in [-0.39, 0.29) is 0 Å². The van der Waals surface area contributed by atoms with Gasteiger partial charge in [-0.05, 0) is 112 Å². The molecule has 12 aromatic rings. The van der Waals surface area contributed by atoms with Crippen LogP contribution in [0.1, 0.15) is 0 Å². The standard InChI is InChI=1S/C59H44N2O2Si/c1-64(2,3)46-33-30-43(31-34-46)60(41-15-6-4-7-16-41)45-32-36-52-56(38-45)63-59-51-35-27-40(37-53(51)47-19-10-11-21-49(47)57(52)59)39-25-28-44(29-26-39)61(42-17-8-5-9-18-42)54-23-14-22-50-48-20-12-13-24-55(48)62-58(50)54/h4-38H,1-3H3. The molecule has 0 radical (unpaired) electrons. The molecule has 0 bridgehead atoms. The van der Waals surface area contributed by atoms with Gasteiger partial charge < -0.3 is 18.6 Å². The van der Waals surface area contributed by atoms with Crippen LogP contribution in [0.5, 0.6) is 0 Å². The maximum absolute atomic E-state index is 6.99. The summed E-state index contributed by atoms with van der Waals surface area (Å²) in [6.45, 7) is 7.18. The first-order valence-electron chi connectivity index (χ1n) is 22.0. The zero-order valence-corrected chi connectivity index (χ0v) is 36.9. The van der Waals surface area contributed by atoms with Crippen LogP contribution in [0.25, 0.3) is 76.5 Å². The number of hydrogen-bond acceptors (Lipinski definition) is 4. The maximum Gasteiger partial charge on any atom is 0.159 e. The largest absolute Gasteiger partial charge is 0.455 e. The molecule has 0 amide bonds. The number of para-hydroxylation sites is 4. The Morgan fingerprint density at radius 3 is 1.59 bits per heavy atom. The van der Waals surface area contributed by atoms with Crippen LogP contribution in [0.3, 0.4) is 0 Å². The van der Waals surface area contributed by atoms with Crippen LogP contribution in [-0.2, 0) is 0 Å². The Morgan fingerprint density at radius 1 is 0.328 bits per heavy atom. The summed E-state index contributed by atoms with van der Waals surface area (Å²) in [5.41, 5.74) is 12.2. The minimum atomic E-state index is -1.45. The zero-order chi connectivity index (χ0) is 42.9. The van der Waals surface area contributed by atoms with E-state index < -0.39 is 8.07 Å². The molecule has 64 heavy (non-hydrogen) atoms. The number of rotatable bonds is 8. The molecule has 2 aromatic heterocycles. The molecule has 0 aliphatic carbocycles. The van der Waals surface area contributed by atoms with Crippen LogP contribution in [0.4, 0.5) is 34.1 Å². The number of anilines is 6. The van der Waals surface area contributed by atoms with E-state index in [0.717, 1.165) is 94.5 Å². The molecular formula is C59H44N2O2Si. The van der Waals surface area contributed by atoms with Crippen LogP contribution in [0.2, 0.25) is 19.6 Å². The van der Waals surface area contributed by atoms with Crippen molar-refractivity contribution in [3.8, 4) is 11.1 Å².